The first kappa shape index (κ1) is 39.7. The molecule has 57 heavy (non-hydrogen) atoms. The third kappa shape index (κ3) is 9.23. The van der Waals surface area contributed by atoms with Crippen molar-refractivity contribution in [1.29, 1.82) is 0 Å². The van der Waals surface area contributed by atoms with Crippen molar-refractivity contribution in [2.45, 2.75) is 44.4 Å². The van der Waals surface area contributed by atoms with Crippen LogP contribution < -0.4 is 23.8 Å². The van der Waals surface area contributed by atoms with Gasteiger partial charge in [-0.3, -0.25) is 9.80 Å². The van der Waals surface area contributed by atoms with Gasteiger partial charge in [-0.25, -0.2) is 9.59 Å². The Bertz CT molecular complexity index is 2190. The summed E-state index contributed by atoms with van der Waals surface area (Å²) in [6.45, 7) is 3.35. The number of methoxy groups -OCH3 is 2. The summed E-state index contributed by atoms with van der Waals surface area (Å²) in [5.41, 5.74) is 4.14. The number of carboxylic acids is 1. The highest BCUT2D eigenvalue weighted by molar-refractivity contribution is 6.35. The summed E-state index contributed by atoms with van der Waals surface area (Å²) >= 11 is 13.1. The summed E-state index contributed by atoms with van der Waals surface area (Å²) in [6.07, 6.45) is 4.23. The second kappa shape index (κ2) is 17.8. The van der Waals surface area contributed by atoms with Crippen LogP contribution in [0, 0.1) is 11.1 Å². The van der Waals surface area contributed by atoms with Crippen LogP contribution in [-0.2, 0) is 24.3 Å². The molecule has 0 saturated carbocycles. The Labute approximate surface area is 341 Å². The van der Waals surface area contributed by atoms with Gasteiger partial charge in [-0.15, -0.1) is 0 Å². The van der Waals surface area contributed by atoms with Crippen LogP contribution in [0.25, 0.3) is 0 Å². The second-order valence-electron chi connectivity index (χ2n) is 14.3. The van der Waals surface area contributed by atoms with Crippen LogP contribution in [0.2, 0.25) is 10.0 Å². The number of aromatic nitrogens is 1. The summed E-state index contributed by atoms with van der Waals surface area (Å²) in [6, 6.07) is 27.5. The third-order valence-corrected chi connectivity index (χ3v) is 11.5. The number of hydrogen-bond acceptors (Lipinski definition) is 8. The van der Waals surface area contributed by atoms with Gasteiger partial charge in [0, 0.05) is 23.7 Å². The minimum atomic E-state index is -1.11. The molecule has 0 radical (unpaired) electrons. The van der Waals surface area contributed by atoms with E-state index in [1.165, 1.54) is 26.6 Å². The predicted octanol–water partition coefficient (Wildman–Crippen LogP) is 8.53. The first-order valence-electron chi connectivity index (χ1n) is 18.7. The van der Waals surface area contributed by atoms with Crippen LogP contribution in [0.15, 0.2) is 103 Å². The van der Waals surface area contributed by atoms with Gasteiger partial charge in [-0.2, -0.15) is 4.73 Å². The molecule has 3 fully saturated rings. The van der Waals surface area contributed by atoms with E-state index in [1.54, 1.807) is 35.2 Å². The number of carbonyl (C=O) groups excluding carboxylic acids is 1. The van der Waals surface area contributed by atoms with Gasteiger partial charge in [0.2, 0.25) is 0 Å². The van der Waals surface area contributed by atoms with Crippen LogP contribution in [0.1, 0.15) is 56.9 Å². The van der Waals surface area contributed by atoms with E-state index in [1.807, 2.05) is 60.7 Å². The van der Waals surface area contributed by atoms with Crippen molar-refractivity contribution in [3.8, 4) is 17.2 Å². The number of carboxylic acid groups (broad SMARTS) is 1. The lowest BCUT2D eigenvalue weighted by molar-refractivity contribution is -0.605. The number of carbonyl (C=O) groups is 2. The van der Waals surface area contributed by atoms with E-state index in [9.17, 15) is 19.9 Å². The van der Waals surface area contributed by atoms with Gasteiger partial charge in [0.15, 0.2) is 23.9 Å². The predicted molar refractivity (Wildman–Crippen MR) is 217 cm³/mol. The van der Waals surface area contributed by atoms with Gasteiger partial charge in [0.05, 0.1) is 26.3 Å². The van der Waals surface area contributed by atoms with Crippen molar-refractivity contribution in [1.82, 2.24) is 4.90 Å². The van der Waals surface area contributed by atoms with Crippen LogP contribution in [0.3, 0.4) is 0 Å². The molecule has 0 aliphatic carbocycles. The highest BCUT2D eigenvalue weighted by Gasteiger charge is 2.37. The molecule has 2 atom stereocenters. The van der Waals surface area contributed by atoms with Crippen LogP contribution >= 0.6 is 23.2 Å². The molecule has 8 rings (SSSR count). The summed E-state index contributed by atoms with van der Waals surface area (Å²) in [5, 5.41) is 22.7. The third-order valence-electron chi connectivity index (χ3n) is 10.8. The van der Waals surface area contributed by atoms with E-state index in [0.717, 1.165) is 49.3 Å². The fraction of sp³-hybridized carbons (Fsp3) is 0.295. The SMILES string of the molecule is COc1ccc([C@H](Cc2c(Cl)c[n+]([O-])cc2Cl)c2cc(COc3ccc(CN(C(=O)O[C@H]4CN5CCC4CC5)c4ccccc4)cc3)ccc2C(=O)O)cc1OC. The smallest absolute Gasteiger partial charge is 0.414 e. The largest absolute Gasteiger partial charge is 0.619 e. The van der Waals surface area contributed by atoms with Gasteiger partial charge in [0.1, 0.15) is 28.5 Å². The molecule has 0 spiro atoms. The molecule has 5 aromatic rings. The van der Waals surface area contributed by atoms with Crippen LogP contribution in [-0.4, -0.2) is 62.0 Å². The van der Waals surface area contributed by atoms with E-state index in [0.29, 0.717) is 51.1 Å². The highest BCUT2D eigenvalue weighted by atomic mass is 35.5. The van der Waals surface area contributed by atoms with E-state index < -0.39 is 11.9 Å². The van der Waals surface area contributed by atoms with Crippen molar-refractivity contribution in [2.24, 2.45) is 5.92 Å². The minimum absolute atomic E-state index is 0.0833. The Morgan fingerprint density at radius 3 is 2.21 bits per heavy atom. The molecule has 0 unspecified atom stereocenters. The molecular weight excluding hydrogens is 769 g/mol. The number of pyridine rings is 1. The Morgan fingerprint density at radius 1 is 0.895 bits per heavy atom. The normalized spacial score (nSPS) is 17.7. The maximum Gasteiger partial charge on any atom is 0.414 e. The van der Waals surface area contributed by atoms with Crippen LogP contribution in [0.4, 0.5) is 10.5 Å². The van der Waals surface area contributed by atoms with Gasteiger partial charge in [-0.1, -0.05) is 71.7 Å². The Kier molecular flexibility index (Phi) is 12.4. The van der Waals surface area contributed by atoms with Gasteiger partial charge < -0.3 is 29.3 Å². The van der Waals surface area contributed by atoms with E-state index in [4.69, 9.17) is 42.1 Å². The molecule has 11 nitrogen and oxygen atoms in total. The van der Waals surface area contributed by atoms with Gasteiger partial charge >= 0.3 is 12.1 Å². The number of aromatic carboxylic acids is 1. The van der Waals surface area contributed by atoms with Gasteiger partial charge in [-0.05, 0) is 103 Å². The maximum atomic E-state index is 13.6. The number of fused-ring (bicyclic) bond motifs is 3. The summed E-state index contributed by atoms with van der Waals surface area (Å²) < 4.78 is 23.9. The first-order chi connectivity index (χ1) is 27.6. The standard InChI is InChI=1S/C44H43Cl2N3O8/c1-54-40-15-11-31(21-41(40)55-2)35(22-37-38(45)24-48(53)25-39(37)46)36-20-29(10-14-34(36)43(50)51)27-56-33-12-8-28(9-13-33)23-49(32-6-4-3-5-7-32)44(52)57-42-26-47-18-16-30(42)17-19-47/h3-15,20-21,24-25,30,35,42H,16-19,22-23,26-27H2,1-2H3,(H,50,51)/t35-,42-/m0/s1. The number of hydrogen-bond donors (Lipinski definition) is 1. The van der Waals surface area contributed by atoms with Crippen molar-refractivity contribution in [3.63, 3.8) is 0 Å². The molecule has 3 aliphatic heterocycles. The topological polar surface area (TPSA) is 125 Å². The van der Waals surface area contributed by atoms with E-state index in [-0.39, 0.29) is 40.8 Å². The maximum absolute atomic E-state index is 13.6. The van der Waals surface area contributed by atoms with Crippen molar-refractivity contribution in [2.75, 3.05) is 38.8 Å². The number of amides is 1. The summed E-state index contributed by atoms with van der Waals surface area (Å²) in [4.78, 5) is 30.3. The quantitative estimate of drug-likeness (QED) is 0.0868. The Balaban J connectivity index is 1.11. The lowest BCUT2D eigenvalue weighted by Crippen LogP contribution is -2.53. The monoisotopic (exact) mass is 811 g/mol. The number of rotatable bonds is 14. The lowest BCUT2D eigenvalue weighted by atomic mass is 9.82. The molecule has 1 amide bonds. The fourth-order valence-corrected chi connectivity index (χ4v) is 8.34. The summed E-state index contributed by atoms with van der Waals surface area (Å²) in [5.74, 6) is 0.256. The number of piperidine rings is 3. The number of anilines is 1. The molecular formula is C44H43Cl2N3O8. The van der Waals surface area contributed by atoms with E-state index in [2.05, 4.69) is 4.90 Å². The van der Waals surface area contributed by atoms with Crippen molar-refractivity contribution >= 4 is 41.0 Å². The van der Waals surface area contributed by atoms with Crippen molar-refractivity contribution in [3.05, 3.63) is 152 Å². The molecule has 1 aromatic heterocycles. The fourth-order valence-electron chi connectivity index (χ4n) is 7.74. The lowest BCUT2D eigenvalue weighted by Gasteiger charge is -2.44. The van der Waals surface area contributed by atoms with Crippen molar-refractivity contribution < 1.29 is 38.4 Å². The zero-order valence-corrected chi connectivity index (χ0v) is 33.1. The molecule has 13 heteroatoms. The molecule has 2 bridgehead atoms. The van der Waals surface area contributed by atoms with E-state index >= 15 is 0 Å². The minimum Gasteiger partial charge on any atom is -0.619 e. The number of benzene rings is 4. The van der Waals surface area contributed by atoms with Gasteiger partial charge in [0.25, 0.3) is 0 Å². The molecule has 3 saturated heterocycles. The first-order valence-corrected chi connectivity index (χ1v) is 19.5. The zero-order valence-electron chi connectivity index (χ0n) is 31.6. The average molecular weight is 813 g/mol. The molecule has 296 valence electrons. The highest BCUT2D eigenvalue weighted by Crippen LogP contribution is 2.39. The molecule has 3 aliphatic rings. The second-order valence-corrected chi connectivity index (χ2v) is 15.1. The zero-order chi connectivity index (χ0) is 40.1. The molecule has 4 aromatic carbocycles. The molecule has 1 N–H and O–H groups in total. The summed E-state index contributed by atoms with van der Waals surface area (Å²) in [7, 11) is 3.06. The Hall–Kier alpha value is -5.49. The Morgan fingerprint density at radius 2 is 1.58 bits per heavy atom. The number of para-hydroxylation sites is 1. The molecule has 4 heterocycles. The average Bonchev–Trinajstić information content (AvgIpc) is 3.22. The number of ether oxygens (including phenoxy) is 4. The van der Waals surface area contributed by atoms with Crippen LogP contribution in [0.5, 0.6) is 17.2 Å². The number of halogens is 2. The number of nitrogens with zero attached hydrogens (tertiary/aromatic N) is 3.